The highest BCUT2D eigenvalue weighted by Gasteiger charge is 2.26. The van der Waals surface area contributed by atoms with E-state index in [-0.39, 0.29) is 17.9 Å². The Bertz CT molecular complexity index is 1000. The third-order valence-electron chi connectivity index (χ3n) is 5.98. The first-order valence-electron chi connectivity index (χ1n) is 9.74. The molecule has 1 aliphatic rings. The van der Waals surface area contributed by atoms with Crippen molar-refractivity contribution in [3.05, 3.63) is 53.2 Å². The van der Waals surface area contributed by atoms with Gasteiger partial charge in [-0.15, -0.1) is 0 Å². The number of piperidine rings is 1. The number of nitrogens with zero attached hydrogens (tertiary/aromatic N) is 3. The van der Waals surface area contributed by atoms with Gasteiger partial charge in [0.25, 0.3) is 0 Å². The van der Waals surface area contributed by atoms with Crippen molar-refractivity contribution < 1.29 is 9.18 Å². The zero-order valence-corrected chi connectivity index (χ0v) is 16.5. The molecule has 2 aromatic heterocycles. The lowest BCUT2D eigenvalue weighted by Gasteiger charge is -2.33. The second-order valence-electron chi connectivity index (χ2n) is 7.68. The number of H-pyrrole nitrogens is 1. The van der Waals surface area contributed by atoms with Crippen molar-refractivity contribution in [2.45, 2.75) is 38.6 Å². The number of aromatic amines is 1. The van der Waals surface area contributed by atoms with E-state index in [4.69, 9.17) is 0 Å². The standard InChI is InChI=1S/C21H26FN5O/c1-13(18-12-24-26(3)14(18)2)25-21(28)27-8-6-15(7-9-27)19-11-23-20-5-4-16(22)10-17(19)20/h4-5,10-13,15,23H,6-9H2,1-3H3,(H,25,28). The summed E-state index contributed by atoms with van der Waals surface area (Å²) in [4.78, 5) is 17.8. The maximum Gasteiger partial charge on any atom is 0.317 e. The second kappa shape index (κ2) is 7.30. The summed E-state index contributed by atoms with van der Waals surface area (Å²) in [6, 6.07) is 4.71. The van der Waals surface area contributed by atoms with Crippen LogP contribution in [0.3, 0.4) is 0 Å². The Morgan fingerprint density at radius 1 is 1.36 bits per heavy atom. The van der Waals surface area contributed by atoms with Gasteiger partial charge < -0.3 is 15.2 Å². The average molecular weight is 383 g/mol. The third-order valence-corrected chi connectivity index (χ3v) is 5.98. The predicted octanol–water partition coefficient (Wildman–Crippen LogP) is 4.00. The van der Waals surface area contributed by atoms with Crippen LogP contribution in [-0.4, -0.2) is 38.8 Å². The van der Waals surface area contributed by atoms with Crippen LogP contribution in [0, 0.1) is 12.7 Å². The van der Waals surface area contributed by atoms with Crippen LogP contribution < -0.4 is 5.32 Å². The monoisotopic (exact) mass is 383 g/mol. The van der Waals surface area contributed by atoms with Crippen molar-refractivity contribution in [1.82, 2.24) is 25.0 Å². The molecule has 1 fully saturated rings. The van der Waals surface area contributed by atoms with Gasteiger partial charge >= 0.3 is 6.03 Å². The number of halogens is 1. The molecule has 0 radical (unpaired) electrons. The molecule has 2 amide bonds. The normalized spacial score (nSPS) is 16.5. The first kappa shape index (κ1) is 18.5. The lowest BCUT2D eigenvalue weighted by molar-refractivity contribution is 0.178. The summed E-state index contributed by atoms with van der Waals surface area (Å²) in [6.07, 6.45) is 5.54. The van der Waals surface area contributed by atoms with Crippen LogP contribution in [0.25, 0.3) is 10.9 Å². The van der Waals surface area contributed by atoms with Crippen molar-refractivity contribution in [2.75, 3.05) is 13.1 Å². The molecule has 1 aromatic carbocycles. The van der Waals surface area contributed by atoms with Crippen molar-refractivity contribution in [3.8, 4) is 0 Å². The molecule has 7 heteroatoms. The van der Waals surface area contributed by atoms with E-state index >= 15 is 0 Å². The van der Waals surface area contributed by atoms with E-state index in [0.717, 1.165) is 40.6 Å². The van der Waals surface area contributed by atoms with Crippen molar-refractivity contribution in [1.29, 1.82) is 0 Å². The Kier molecular flexibility index (Phi) is 4.83. The van der Waals surface area contributed by atoms with E-state index in [1.807, 2.05) is 42.9 Å². The Hall–Kier alpha value is -2.83. The summed E-state index contributed by atoms with van der Waals surface area (Å²) in [6.45, 7) is 5.37. The zero-order valence-electron chi connectivity index (χ0n) is 16.5. The van der Waals surface area contributed by atoms with Gasteiger partial charge in [0.1, 0.15) is 5.82 Å². The number of fused-ring (bicyclic) bond motifs is 1. The van der Waals surface area contributed by atoms with E-state index in [2.05, 4.69) is 15.4 Å². The number of hydrogen-bond donors (Lipinski definition) is 2. The molecule has 0 spiro atoms. The van der Waals surface area contributed by atoms with Crippen LogP contribution in [0.1, 0.15) is 48.5 Å². The van der Waals surface area contributed by atoms with Gasteiger partial charge in [-0.1, -0.05) is 0 Å². The number of likely N-dealkylation sites (tertiary alicyclic amines) is 1. The molecule has 6 nitrogen and oxygen atoms in total. The van der Waals surface area contributed by atoms with Gasteiger partial charge in [0.2, 0.25) is 0 Å². The molecule has 1 aliphatic heterocycles. The number of amides is 2. The number of benzene rings is 1. The van der Waals surface area contributed by atoms with Gasteiger partial charge in [-0.25, -0.2) is 9.18 Å². The van der Waals surface area contributed by atoms with Crippen LogP contribution in [0.4, 0.5) is 9.18 Å². The topological polar surface area (TPSA) is 66.0 Å². The molecule has 1 saturated heterocycles. The van der Waals surface area contributed by atoms with Gasteiger partial charge in [0, 0.05) is 48.5 Å². The summed E-state index contributed by atoms with van der Waals surface area (Å²) < 4.78 is 15.5. The average Bonchev–Trinajstić information content (AvgIpc) is 3.25. The second-order valence-corrected chi connectivity index (χ2v) is 7.68. The number of aromatic nitrogens is 3. The number of aryl methyl sites for hydroxylation is 1. The van der Waals surface area contributed by atoms with Gasteiger partial charge in [-0.05, 0) is 56.4 Å². The highest BCUT2D eigenvalue weighted by molar-refractivity contribution is 5.84. The number of urea groups is 1. The summed E-state index contributed by atoms with van der Waals surface area (Å²) >= 11 is 0. The molecular weight excluding hydrogens is 357 g/mol. The van der Waals surface area contributed by atoms with Gasteiger partial charge in [0.15, 0.2) is 0 Å². The Balaban J connectivity index is 1.39. The number of carbonyl (C=O) groups excluding carboxylic acids is 1. The number of hydrogen-bond acceptors (Lipinski definition) is 2. The highest BCUT2D eigenvalue weighted by atomic mass is 19.1. The van der Waals surface area contributed by atoms with Crippen LogP contribution in [0.15, 0.2) is 30.6 Å². The van der Waals surface area contributed by atoms with Crippen LogP contribution in [0.5, 0.6) is 0 Å². The molecule has 3 aromatic rings. The quantitative estimate of drug-likeness (QED) is 0.718. The highest BCUT2D eigenvalue weighted by Crippen LogP contribution is 2.33. The molecule has 0 bridgehead atoms. The fraction of sp³-hybridized carbons (Fsp3) is 0.429. The van der Waals surface area contributed by atoms with Gasteiger partial charge in [-0.2, -0.15) is 5.10 Å². The van der Waals surface area contributed by atoms with Crippen molar-refractivity contribution in [3.63, 3.8) is 0 Å². The summed E-state index contributed by atoms with van der Waals surface area (Å²) in [5, 5.41) is 8.28. The minimum absolute atomic E-state index is 0.0424. The zero-order chi connectivity index (χ0) is 19.8. The Morgan fingerprint density at radius 3 is 2.79 bits per heavy atom. The SMILES string of the molecule is Cc1c(C(C)NC(=O)N2CCC(c3c[nH]c4ccc(F)cc34)CC2)cnn1C. The van der Waals surface area contributed by atoms with Crippen LogP contribution in [-0.2, 0) is 7.05 Å². The Morgan fingerprint density at radius 2 is 2.11 bits per heavy atom. The summed E-state index contributed by atoms with van der Waals surface area (Å²) in [5.74, 6) is 0.113. The summed E-state index contributed by atoms with van der Waals surface area (Å²) in [5.41, 5.74) is 4.19. The maximum atomic E-state index is 13.6. The smallest absolute Gasteiger partial charge is 0.317 e. The molecule has 0 aliphatic carbocycles. The molecule has 148 valence electrons. The lowest BCUT2D eigenvalue weighted by Crippen LogP contribution is -2.44. The van der Waals surface area contributed by atoms with E-state index in [1.54, 1.807) is 12.1 Å². The largest absolute Gasteiger partial charge is 0.361 e. The van der Waals surface area contributed by atoms with Crippen LogP contribution in [0.2, 0.25) is 0 Å². The van der Waals surface area contributed by atoms with Crippen LogP contribution >= 0.6 is 0 Å². The fourth-order valence-corrected chi connectivity index (χ4v) is 4.14. The fourth-order valence-electron chi connectivity index (χ4n) is 4.14. The molecule has 0 saturated carbocycles. The van der Waals surface area contributed by atoms with Gasteiger partial charge in [-0.3, -0.25) is 4.68 Å². The molecule has 4 rings (SSSR count). The molecular formula is C21H26FN5O. The van der Waals surface area contributed by atoms with Crippen molar-refractivity contribution in [2.24, 2.45) is 7.05 Å². The molecule has 3 heterocycles. The molecule has 28 heavy (non-hydrogen) atoms. The number of rotatable bonds is 3. The summed E-state index contributed by atoms with van der Waals surface area (Å²) in [7, 11) is 1.90. The minimum atomic E-state index is -0.218. The van der Waals surface area contributed by atoms with E-state index in [9.17, 15) is 9.18 Å². The van der Waals surface area contributed by atoms with E-state index in [0.29, 0.717) is 19.0 Å². The predicted molar refractivity (Wildman–Crippen MR) is 107 cm³/mol. The molecule has 1 unspecified atom stereocenters. The van der Waals surface area contributed by atoms with Gasteiger partial charge in [0.05, 0.1) is 12.2 Å². The van der Waals surface area contributed by atoms with Crippen molar-refractivity contribution >= 4 is 16.9 Å². The first-order valence-corrected chi connectivity index (χ1v) is 9.74. The molecule has 2 N–H and O–H groups in total. The lowest BCUT2D eigenvalue weighted by atomic mass is 9.89. The maximum absolute atomic E-state index is 13.6. The first-order chi connectivity index (χ1) is 13.4. The van der Waals surface area contributed by atoms with E-state index < -0.39 is 0 Å². The number of carbonyl (C=O) groups is 1. The third kappa shape index (κ3) is 3.37. The van der Waals surface area contributed by atoms with E-state index in [1.165, 1.54) is 6.07 Å². The molecule has 1 atom stereocenters. The Labute approximate surface area is 163 Å². The minimum Gasteiger partial charge on any atom is -0.361 e. The number of nitrogens with one attached hydrogen (secondary N) is 2.